The first kappa shape index (κ1) is 23.7. The lowest BCUT2D eigenvalue weighted by Crippen LogP contribution is -2.15. The van der Waals surface area contributed by atoms with Gasteiger partial charge in [0.2, 0.25) is 0 Å². The van der Waals surface area contributed by atoms with Gasteiger partial charge < -0.3 is 10.1 Å². The SMILES string of the molecule is CCc1nc(C)c2c(C)c(C(=O)Nc3cccc(S(=O)(=O)Nc4ccccc4OC)c3)sc2n1. The molecule has 0 spiro atoms. The molecule has 2 heterocycles. The summed E-state index contributed by atoms with van der Waals surface area (Å²) in [7, 11) is -2.44. The fourth-order valence-electron chi connectivity index (χ4n) is 3.63. The second-order valence-electron chi connectivity index (χ2n) is 7.60. The zero-order valence-corrected chi connectivity index (χ0v) is 20.8. The first-order valence-electron chi connectivity index (χ1n) is 10.6. The Balaban J connectivity index is 1.61. The number of aryl methyl sites for hydroxylation is 3. The number of nitrogens with zero attached hydrogens (tertiary/aromatic N) is 2. The molecule has 2 aromatic carbocycles. The molecule has 2 aromatic heterocycles. The number of carbonyl (C=O) groups excluding carboxylic acids is 1. The molecule has 0 bridgehead atoms. The minimum atomic E-state index is -3.91. The summed E-state index contributed by atoms with van der Waals surface area (Å²) in [5.41, 5.74) is 2.33. The zero-order chi connectivity index (χ0) is 24.5. The van der Waals surface area contributed by atoms with E-state index in [1.807, 2.05) is 20.8 Å². The third-order valence-corrected chi connectivity index (χ3v) is 7.84. The van der Waals surface area contributed by atoms with E-state index in [0.717, 1.165) is 27.3 Å². The third-order valence-electron chi connectivity index (χ3n) is 5.29. The molecule has 0 unspecified atom stereocenters. The number of benzene rings is 2. The van der Waals surface area contributed by atoms with Gasteiger partial charge in [0.05, 0.1) is 22.6 Å². The highest BCUT2D eigenvalue weighted by Crippen LogP contribution is 2.32. The van der Waals surface area contributed by atoms with Crippen LogP contribution in [-0.4, -0.2) is 31.4 Å². The van der Waals surface area contributed by atoms with E-state index >= 15 is 0 Å². The van der Waals surface area contributed by atoms with Crippen LogP contribution < -0.4 is 14.8 Å². The number of nitrogens with one attached hydrogen (secondary N) is 2. The van der Waals surface area contributed by atoms with Gasteiger partial charge in [-0.05, 0) is 49.7 Å². The number of methoxy groups -OCH3 is 1. The maximum Gasteiger partial charge on any atom is 0.266 e. The Labute approximate surface area is 202 Å². The lowest BCUT2D eigenvalue weighted by Gasteiger charge is -2.12. The summed E-state index contributed by atoms with van der Waals surface area (Å²) in [6.45, 7) is 5.76. The van der Waals surface area contributed by atoms with Crippen molar-refractivity contribution in [3.05, 3.63) is 70.5 Å². The number of amides is 1. The normalized spacial score (nSPS) is 11.4. The molecule has 0 aliphatic rings. The standard InChI is InChI=1S/C24H24N4O4S2/c1-5-20-25-15(3)21-14(2)22(33-24(21)27-20)23(29)26-16-9-8-10-17(13-16)34(30,31)28-18-11-6-7-12-19(18)32-4/h6-13,28H,5H2,1-4H3,(H,26,29). The van der Waals surface area contributed by atoms with Crippen LogP contribution in [0.2, 0.25) is 0 Å². The predicted octanol–water partition coefficient (Wildman–Crippen LogP) is 4.93. The largest absolute Gasteiger partial charge is 0.495 e. The first-order chi connectivity index (χ1) is 16.2. The number of fused-ring (bicyclic) bond motifs is 1. The monoisotopic (exact) mass is 496 g/mol. The molecule has 0 saturated carbocycles. The molecule has 8 nitrogen and oxygen atoms in total. The maximum absolute atomic E-state index is 13.1. The Kier molecular flexibility index (Phi) is 6.54. The van der Waals surface area contributed by atoms with E-state index in [1.165, 1.54) is 30.6 Å². The van der Waals surface area contributed by atoms with E-state index in [4.69, 9.17) is 4.74 Å². The molecule has 2 N–H and O–H groups in total. The van der Waals surface area contributed by atoms with Gasteiger partial charge in [0.1, 0.15) is 16.4 Å². The van der Waals surface area contributed by atoms with Gasteiger partial charge in [-0.1, -0.05) is 25.1 Å². The molecule has 0 radical (unpaired) electrons. The van der Waals surface area contributed by atoms with Crippen LogP contribution in [0.1, 0.15) is 33.7 Å². The average molecular weight is 497 g/mol. The molecule has 10 heteroatoms. The predicted molar refractivity (Wildman–Crippen MR) is 134 cm³/mol. The second kappa shape index (κ2) is 9.40. The highest BCUT2D eigenvalue weighted by Gasteiger charge is 2.21. The molecule has 0 fully saturated rings. The van der Waals surface area contributed by atoms with Crippen molar-refractivity contribution in [3.63, 3.8) is 0 Å². The maximum atomic E-state index is 13.1. The number of hydrogen-bond donors (Lipinski definition) is 2. The summed E-state index contributed by atoms with van der Waals surface area (Å²) in [5, 5.41) is 3.69. The highest BCUT2D eigenvalue weighted by molar-refractivity contribution is 7.92. The van der Waals surface area contributed by atoms with E-state index in [9.17, 15) is 13.2 Å². The number of sulfonamides is 1. The number of hydrogen-bond acceptors (Lipinski definition) is 7. The zero-order valence-electron chi connectivity index (χ0n) is 19.2. The lowest BCUT2D eigenvalue weighted by atomic mass is 10.1. The van der Waals surface area contributed by atoms with Crippen LogP contribution in [0.3, 0.4) is 0 Å². The molecule has 34 heavy (non-hydrogen) atoms. The van der Waals surface area contributed by atoms with Gasteiger partial charge in [0.25, 0.3) is 15.9 Å². The Morgan fingerprint density at radius 3 is 2.59 bits per heavy atom. The number of carbonyl (C=O) groups is 1. The molecule has 0 aliphatic carbocycles. The van der Waals surface area contributed by atoms with E-state index in [1.54, 1.807) is 36.4 Å². The second-order valence-corrected chi connectivity index (χ2v) is 10.3. The molecule has 4 aromatic rings. The topological polar surface area (TPSA) is 110 Å². The summed E-state index contributed by atoms with van der Waals surface area (Å²) >= 11 is 1.30. The van der Waals surface area contributed by atoms with Gasteiger partial charge >= 0.3 is 0 Å². The van der Waals surface area contributed by atoms with Crippen LogP contribution in [0, 0.1) is 13.8 Å². The van der Waals surface area contributed by atoms with Crippen molar-refractivity contribution in [2.45, 2.75) is 32.1 Å². The Morgan fingerprint density at radius 2 is 1.85 bits per heavy atom. The fraction of sp³-hybridized carbons (Fsp3) is 0.208. The van der Waals surface area contributed by atoms with Gasteiger partial charge in [0.15, 0.2) is 0 Å². The van der Waals surface area contributed by atoms with Gasteiger partial charge in [0, 0.05) is 23.2 Å². The molecule has 0 saturated heterocycles. The van der Waals surface area contributed by atoms with Crippen molar-refractivity contribution in [1.82, 2.24) is 9.97 Å². The average Bonchev–Trinajstić information content (AvgIpc) is 3.16. The summed E-state index contributed by atoms with van der Waals surface area (Å²) < 4.78 is 33.7. The summed E-state index contributed by atoms with van der Waals surface area (Å²) in [4.78, 5) is 23.4. The van der Waals surface area contributed by atoms with Crippen LogP contribution in [0.5, 0.6) is 5.75 Å². The first-order valence-corrected chi connectivity index (χ1v) is 12.9. The summed E-state index contributed by atoms with van der Waals surface area (Å²) in [5.74, 6) is 0.809. The van der Waals surface area contributed by atoms with E-state index < -0.39 is 10.0 Å². The number of para-hydroxylation sites is 2. The molecule has 0 atom stereocenters. The van der Waals surface area contributed by atoms with Gasteiger partial charge in [-0.2, -0.15) is 0 Å². The molecule has 176 valence electrons. The van der Waals surface area contributed by atoms with Crippen molar-refractivity contribution in [2.75, 3.05) is 17.1 Å². The summed E-state index contributed by atoms with van der Waals surface area (Å²) in [6.07, 6.45) is 0.708. The van der Waals surface area contributed by atoms with E-state index in [2.05, 4.69) is 20.0 Å². The Morgan fingerprint density at radius 1 is 1.09 bits per heavy atom. The minimum Gasteiger partial charge on any atom is -0.495 e. The number of anilines is 2. The lowest BCUT2D eigenvalue weighted by molar-refractivity contribution is 0.103. The highest BCUT2D eigenvalue weighted by atomic mass is 32.2. The number of thiophene rings is 1. The van der Waals surface area contributed by atoms with E-state index in [-0.39, 0.29) is 10.8 Å². The molecular formula is C24H24N4O4S2. The molecule has 0 aliphatic heterocycles. The number of aromatic nitrogens is 2. The van der Waals surface area contributed by atoms with Gasteiger partial charge in [-0.3, -0.25) is 9.52 Å². The van der Waals surface area contributed by atoms with Crippen molar-refractivity contribution in [3.8, 4) is 5.75 Å². The quantitative estimate of drug-likeness (QED) is 0.375. The Hall–Kier alpha value is -3.50. The Bertz CT molecular complexity index is 1500. The third kappa shape index (κ3) is 4.59. The van der Waals surface area contributed by atoms with Crippen LogP contribution in [0.25, 0.3) is 10.2 Å². The van der Waals surface area contributed by atoms with Crippen LogP contribution >= 0.6 is 11.3 Å². The van der Waals surface area contributed by atoms with Crippen LogP contribution in [0.15, 0.2) is 53.4 Å². The minimum absolute atomic E-state index is 0.0126. The van der Waals surface area contributed by atoms with Crippen LogP contribution in [-0.2, 0) is 16.4 Å². The van der Waals surface area contributed by atoms with Crippen LogP contribution in [0.4, 0.5) is 11.4 Å². The molecule has 1 amide bonds. The van der Waals surface area contributed by atoms with Crippen molar-refractivity contribution in [1.29, 1.82) is 0 Å². The van der Waals surface area contributed by atoms with Crippen molar-refractivity contribution >= 4 is 48.9 Å². The van der Waals surface area contributed by atoms with Gasteiger partial charge in [-0.25, -0.2) is 18.4 Å². The molecule has 4 rings (SSSR count). The summed E-state index contributed by atoms with van der Waals surface area (Å²) in [6, 6.07) is 12.8. The van der Waals surface area contributed by atoms with E-state index in [0.29, 0.717) is 28.4 Å². The molecular weight excluding hydrogens is 472 g/mol. The number of ether oxygens (including phenoxy) is 1. The van der Waals surface area contributed by atoms with Crippen molar-refractivity contribution < 1.29 is 17.9 Å². The van der Waals surface area contributed by atoms with Gasteiger partial charge in [-0.15, -0.1) is 11.3 Å². The fourth-order valence-corrected chi connectivity index (χ4v) is 5.89. The smallest absolute Gasteiger partial charge is 0.266 e. The van der Waals surface area contributed by atoms with Crippen molar-refractivity contribution in [2.24, 2.45) is 0 Å². The number of rotatable bonds is 7.